The summed E-state index contributed by atoms with van der Waals surface area (Å²) in [6.07, 6.45) is 10.0. The molecule has 39 heavy (non-hydrogen) atoms. The van der Waals surface area contributed by atoms with Crippen molar-refractivity contribution < 1.29 is 13.9 Å². The van der Waals surface area contributed by atoms with Crippen LogP contribution in [0.4, 0.5) is 4.39 Å². The maximum absolute atomic E-state index is 13.6. The second-order valence-electron chi connectivity index (χ2n) is 11.4. The van der Waals surface area contributed by atoms with E-state index >= 15 is 0 Å². The third-order valence-corrected chi connectivity index (χ3v) is 9.56. The molecule has 1 fully saturated rings. The molecule has 2 aromatic carbocycles. The SMILES string of the molecule is COC(=O)C1(CCSC)N=CN(C(C)c2ccccc2)C1CC1CCC(C(c2ccc(F)cc2)N(C)C)CC1. The predicted molar refractivity (Wildman–Crippen MR) is 160 cm³/mol. The Bertz CT molecular complexity index is 1090. The lowest BCUT2D eigenvalue weighted by atomic mass is 9.72. The van der Waals surface area contributed by atoms with Crippen LogP contribution in [0.15, 0.2) is 59.6 Å². The van der Waals surface area contributed by atoms with Gasteiger partial charge < -0.3 is 14.5 Å². The number of thioether (sulfide) groups is 1. The molecule has 212 valence electrons. The Morgan fingerprint density at radius 1 is 1.10 bits per heavy atom. The Labute approximate surface area is 238 Å². The van der Waals surface area contributed by atoms with E-state index < -0.39 is 5.54 Å². The van der Waals surface area contributed by atoms with E-state index in [2.05, 4.69) is 61.3 Å². The minimum Gasteiger partial charge on any atom is -0.467 e. The Kier molecular flexibility index (Phi) is 10.1. The summed E-state index contributed by atoms with van der Waals surface area (Å²) < 4.78 is 19.0. The number of benzene rings is 2. The molecule has 4 rings (SSSR count). The van der Waals surface area contributed by atoms with Crippen molar-refractivity contribution in [2.45, 2.75) is 69.1 Å². The van der Waals surface area contributed by atoms with Crippen LogP contribution in [0.1, 0.15) is 68.7 Å². The van der Waals surface area contributed by atoms with Gasteiger partial charge in [-0.05, 0) is 93.8 Å². The Hall–Kier alpha value is -2.38. The van der Waals surface area contributed by atoms with Crippen molar-refractivity contribution in [3.8, 4) is 0 Å². The van der Waals surface area contributed by atoms with Gasteiger partial charge in [-0.2, -0.15) is 11.8 Å². The average Bonchev–Trinajstić information content (AvgIpc) is 3.32. The first kappa shape index (κ1) is 29.6. The minimum absolute atomic E-state index is 0.0457. The number of hydrogen-bond donors (Lipinski definition) is 0. The smallest absolute Gasteiger partial charge is 0.336 e. The molecule has 0 bridgehead atoms. The van der Waals surface area contributed by atoms with E-state index in [0.717, 1.165) is 37.9 Å². The normalized spacial score (nSPS) is 26.5. The minimum atomic E-state index is -0.877. The van der Waals surface area contributed by atoms with Gasteiger partial charge in [-0.3, -0.25) is 4.99 Å². The Morgan fingerprint density at radius 2 is 1.77 bits per heavy atom. The number of carbonyl (C=O) groups is 1. The predicted octanol–water partition coefficient (Wildman–Crippen LogP) is 6.76. The van der Waals surface area contributed by atoms with Crippen LogP contribution in [0.3, 0.4) is 0 Å². The van der Waals surface area contributed by atoms with E-state index in [0.29, 0.717) is 18.3 Å². The van der Waals surface area contributed by atoms with Crippen LogP contribution in [-0.4, -0.2) is 66.9 Å². The summed E-state index contributed by atoms with van der Waals surface area (Å²) in [6.45, 7) is 2.21. The van der Waals surface area contributed by atoms with Gasteiger partial charge in [-0.25, -0.2) is 9.18 Å². The fourth-order valence-corrected chi connectivity index (χ4v) is 7.35. The molecule has 0 saturated heterocycles. The maximum atomic E-state index is 13.6. The van der Waals surface area contributed by atoms with Crippen molar-refractivity contribution in [1.29, 1.82) is 0 Å². The maximum Gasteiger partial charge on any atom is 0.336 e. The lowest BCUT2D eigenvalue weighted by Crippen LogP contribution is -2.53. The number of methoxy groups -OCH3 is 1. The van der Waals surface area contributed by atoms with Crippen LogP contribution in [0.2, 0.25) is 0 Å². The highest BCUT2D eigenvalue weighted by molar-refractivity contribution is 7.98. The first-order chi connectivity index (χ1) is 18.8. The summed E-state index contributed by atoms with van der Waals surface area (Å²) in [5.74, 6) is 1.46. The zero-order valence-electron chi connectivity index (χ0n) is 24.1. The molecule has 1 saturated carbocycles. The molecular weight excluding hydrogens is 509 g/mol. The first-order valence-electron chi connectivity index (χ1n) is 14.2. The van der Waals surface area contributed by atoms with E-state index in [-0.39, 0.29) is 29.9 Å². The highest BCUT2D eigenvalue weighted by atomic mass is 32.2. The Balaban J connectivity index is 1.54. The molecule has 4 atom stereocenters. The lowest BCUT2D eigenvalue weighted by Gasteiger charge is -2.42. The molecule has 2 aromatic rings. The van der Waals surface area contributed by atoms with Crippen molar-refractivity contribution in [2.24, 2.45) is 16.8 Å². The molecule has 0 amide bonds. The fraction of sp³-hybridized carbons (Fsp3) is 0.562. The summed E-state index contributed by atoms with van der Waals surface area (Å²) in [4.78, 5) is 22.9. The summed E-state index contributed by atoms with van der Waals surface area (Å²) in [6, 6.07) is 17.8. The van der Waals surface area contributed by atoms with Gasteiger partial charge >= 0.3 is 5.97 Å². The molecule has 1 aliphatic carbocycles. The van der Waals surface area contributed by atoms with Crippen LogP contribution < -0.4 is 0 Å². The quantitative estimate of drug-likeness (QED) is 0.288. The summed E-state index contributed by atoms with van der Waals surface area (Å²) in [5, 5.41) is 0. The summed E-state index contributed by atoms with van der Waals surface area (Å²) >= 11 is 1.75. The number of esters is 1. The number of hydrogen-bond acceptors (Lipinski definition) is 6. The van der Waals surface area contributed by atoms with Crippen molar-refractivity contribution in [3.63, 3.8) is 0 Å². The fourth-order valence-electron chi connectivity index (χ4n) is 6.84. The van der Waals surface area contributed by atoms with E-state index in [1.54, 1.807) is 23.9 Å². The van der Waals surface area contributed by atoms with Crippen LogP contribution in [0.5, 0.6) is 0 Å². The number of rotatable bonds is 11. The van der Waals surface area contributed by atoms with E-state index in [1.165, 1.54) is 18.2 Å². The van der Waals surface area contributed by atoms with E-state index in [1.807, 2.05) is 24.5 Å². The summed E-state index contributed by atoms with van der Waals surface area (Å²) in [7, 11) is 5.73. The first-order valence-corrected chi connectivity index (χ1v) is 15.6. The van der Waals surface area contributed by atoms with Gasteiger partial charge in [0, 0.05) is 6.04 Å². The highest BCUT2D eigenvalue weighted by Crippen LogP contribution is 2.45. The van der Waals surface area contributed by atoms with Crippen LogP contribution in [0.25, 0.3) is 0 Å². The zero-order valence-corrected chi connectivity index (χ0v) is 24.9. The second kappa shape index (κ2) is 13.3. The van der Waals surface area contributed by atoms with Crippen molar-refractivity contribution in [2.75, 3.05) is 33.2 Å². The third-order valence-electron chi connectivity index (χ3n) is 8.95. The van der Waals surface area contributed by atoms with Gasteiger partial charge in [0.1, 0.15) is 5.82 Å². The topological polar surface area (TPSA) is 45.1 Å². The average molecular weight is 554 g/mol. The van der Waals surface area contributed by atoms with Crippen LogP contribution in [0, 0.1) is 17.7 Å². The van der Waals surface area contributed by atoms with Crippen molar-refractivity contribution in [3.05, 3.63) is 71.5 Å². The monoisotopic (exact) mass is 553 g/mol. The number of carbonyl (C=O) groups excluding carboxylic acids is 1. The number of ether oxygens (including phenoxy) is 1. The third kappa shape index (κ3) is 6.51. The molecule has 1 aliphatic heterocycles. The molecule has 5 nitrogen and oxygen atoms in total. The highest BCUT2D eigenvalue weighted by Gasteiger charge is 2.53. The number of halogens is 1. The lowest BCUT2D eigenvalue weighted by molar-refractivity contribution is -0.149. The Morgan fingerprint density at radius 3 is 2.36 bits per heavy atom. The largest absolute Gasteiger partial charge is 0.467 e. The number of aliphatic imine (C=N–C) groups is 1. The van der Waals surface area contributed by atoms with Gasteiger partial charge in [0.05, 0.1) is 25.5 Å². The van der Waals surface area contributed by atoms with Gasteiger partial charge in [0.25, 0.3) is 0 Å². The molecule has 4 unspecified atom stereocenters. The molecule has 1 heterocycles. The van der Waals surface area contributed by atoms with Gasteiger partial charge in [0.2, 0.25) is 0 Å². The molecule has 7 heteroatoms. The molecule has 0 spiro atoms. The van der Waals surface area contributed by atoms with Crippen LogP contribution >= 0.6 is 11.8 Å². The molecule has 2 aliphatic rings. The number of nitrogens with zero attached hydrogens (tertiary/aromatic N) is 3. The van der Waals surface area contributed by atoms with Gasteiger partial charge in [-0.15, -0.1) is 0 Å². The molecule has 0 aromatic heterocycles. The van der Waals surface area contributed by atoms with Crippen LogP contribution in [-0.2, 0) is 9.53 Å². The second-order valence-corrected chi connectivity index (χ2v) is 12.4. The van der Waals surface area contributed by atoms with E-state index in [9.17, 15) is 9.18 Å². The summed E-state index contributed by atoms with van der Waals surface area (Å²) in [5.41, 5.74) is 1.52. The molecular formula is C32H44FN3O2S. The zero-order chi connectivity index (χ0) is 28.0. The standard InChI is InChI=1S/C32H44FN3O2S/c1-23(25-9-7-6-8-10-25)36-22-34-32(19-20-39-5,31(37)38-4)29(36)21-24-11-13-26(14-12-24)30(35(2)3)27-15-17-28(33)18-16-27/h6-10,15-18,22-24,26,29-30H,11-14,19-21H2,1-5H3. The molecule has 0 radical (unpaired) electrons. The van der Waals surface area contributed by atoms with E-state index in [4.69, 9.17) is 9.73 Å². The van der Waals surface area contributed by atoms with Crippen molar-refractivity contribution in [1.82, 2.24) is 9.80 Å². The van der Waals surface area contributed by atoms with Crippen molar-refractivity contribution >= 4 is 24.1 Å². The van der Waals surface area contributed by atoms with Gasteiger partial charge in [0.15, 0.2) is 5.54 Å². The van der Waals surface area contributed by atoms with Gasteiger partial charge in [-0.1, -0.05) is 55.3 Å². The molecule has 0 N–H and O–H groups in total.